The van der Waals surface area contributed by atoms with Crippen molar-refractivity contribution >= 4 is 15.9 Å². The summed E-state index contributed by atoms with van der Waals surface area (Å²) in [5.41, 5.74) is 3.59. The molecule has 0 fully saturated rings. The van der Waals surface area contributed by atoms with E-state index in [-0.39, 0.29) is 22.5 Å². The van der Waals surface area contributed by atoms with E-state index in [0.29, 0.717) is 5.69 Å². The molecular weight excluding hydrogens is 402 g/mol. The van der Waals surface area contributed by atoms with Gasteiger partial charge in [-0.15, -0.1) is 5.10 Å². The maximum Gasteiger partial charge on any atom is 0.274 e. The highest BCUT2D eigenvalue weighted by molar-refractivity contribution is 7.89. The van der Waals surface area contributed by atoms with Crippen LogP contribution >= 0.6 is 0 Å². The Balaban J connectivity index is 1.77. The number of sulfonamides is 1. The third-order valence-corrected chi connectivity index (χ3v) is 6.69. The van der Waals surface area contributed by atoms with Crippen LogP contribution in [0.5, 0.6) is 0 Å². The first-order chi connectivity index (χ1) is 14.1. The third kappa shape index (κ3) is 4.27. The number of carbonyl (C=O) groups excluding carboxylic acids is 1. The molecule has 0 aliphatic rings. The Morgan fingerprint density at radius 3 is 2.37 bits per heavy atom. The summed E-state index contributed by atoms with van der Waals surface area (Å²) < 4.78 is 27.2. The molecule has 9 heteroatoms. The molecule has 1 atom stereocenters. The largest absolute Gasteiger partial charge is 0.344 e. The number of aromatic nitrogens is 3. The van der Waals surface area contributed by atoms with Crippen LogP contribution in [0.3, 0.4) is 0 Å². The van der Waals surface area contributed by atoms with E-state index in [0.717, 1.165) is 21.1 Å². The number of hydrogen-bond donors (Lipinski definition) is 1. The van der Waals surface area contributed by atoms with Crippen LogP contribution in [0.4, 0.5) is 0 Å². The third-order valence-electron chi connectivity index (χ3n) is 4.86. The first-order valence-electron chi connectivity index (χ1n) is 9.44. The van der Waals surface area contributed by atoms with E-state index < -0.39 is 10.0 Å². The Bertz CT molecular complexity index is 1170. The lowest BCUT2D eigenvalue weighted by atomic mass is 10.1. The molecular formula is C21H25N5O3S. The fraction of sp³-hybridized carbons (Fsp3) is 0.286. The fourth-order valence-corrected chi connectivity index (χ4v) is 3.93. The average molecular weight is 428 g/mol. The number of aryl methyl sites for hydroxylation is 1. The highest BCUT2D eigenvalue weighted by Gasteiger charge is 2.21. The zero-order chi connectivity index (χ0) is 22.1. The molecule has 1 N–H and O–H groups in total. The van der Waals surface area contributed by atoms with Gasteiger partial charge >= 0.3 is 0 Å². The van der Waals surface area contributed by atoms with Crippen LogP contribution in [0.1, 0.15) is 40.3 Å². The number of hydrogen-bond acceptors (Lipinski definition) is 5. The van der Waals surface area contributed by atoms with Gasteiger partial charge in [0.25, 0.3) is 5.91 Å². The highest BCUT2D eigenvalue weighted by Crippen LogP contribution is 2.19. The number of carbonyl (C=O) groups is 1. The number of amides is 1. The minimum atomic E-state index is -3.49. The van der Waals surface area contributed by atoms with Gasteiger partial charge in [-0.25, -0.2) is 17.4 Å². The summed E-state index contributed by atoms with van der Waals surface area (Å²) in [4.78, 5) is 12.9. The van der Waals surface area contributed by atoms with Crippen molar-refractivity contribution in [1.29, 1.82) is 0 Å². The van der Waals surface area contributed by atoms with Crippen molar-refractivity contribution in [3.8, 4) is 5.69 Å². The summed E-state index contributed by atoms with van der Waals surface area (Å²) in [7, 11) is -0.524. The van der Waals surface area contributed by atoms with Gasteiger partial charge in [-0.1, -0.05) is 29.5 Å². The van der Waals surface area contributed by atoms with E-state index in [2.05, 4.69) is 15.6 Å². The van der Waals surface area contributed by atoms with Crippen LogP contribution < -0.4 is 5.32 Å². The summed E-state index contributed by atoms with van der Waals surface area (Å²) >= 11 is 0. The molecule has 0 saturated carbocycles. The average Bonchev–Trinajstić information content (AvgIpc) is 3.09. The lowest BCUT2D eigenvalue weighted by Crippen LogP contribution is -2.28. The molecule has 1 aromatic heterocycles. The molecule has 0 radical (unpaired) electrons. The van der Waals surface area contributed by atoms with E-state index in [1.54, 1.807) is 23.7 Å². The molecule has 0 aliphatic carbocycles. The molecule has 2 aromatic carbocycles. The van der Waals surface area contributed by atoms with Crippen molar-refractivity contribution in [2.45, 2.75) is 31.7 Å². The SMILES string of the molecule is Cc1cccc(-n2nnc(C(=O)NC(C)c3ccc(S(=O)(=O)N(C)C)cc3)c2C)c1. The van der Waals surface area contributed by atoms with Gasteiger partial charge in [-0.3, -0.25) is 4.79 Å². The van der Waals surface area contributed by atoms with Gasteiger partial charge in [0.2, 0.25) is 10.0 Å². The van der Waals surface area contributed by atoms with E-state index in [4.69, 9.17) is 0 Å². The van der Waals surface area contributed by atoms with Gasteiger partial charge in [0.05, 0.1) is 22.3 Å². The summed E-state index contributed by atoms with van der Waals surface area (Å²) in [6.07, 6.45) is 0. The molecule has 30 heavy (non-hydrogen) atoms. The quantitative estimate of drug-likeness (QED) is 0.652. The minimum absolute atomic E-state index is 0.201. The molecule has 0 spiro atoms. The Kier molecular flexibility index (Phi) is 6.04. The van der Waals surface area contributed by atoms with Crippen LogP contribution in [0.25, 0.3) is 5.69 Å². The Morgan fingerprint density at radius 2 is 1.77 bits per heavy atom. The van der Waals surface area contributed by atoms with Crippen molar-refractivity contribution < 1.29 is 13.2 Å². The number of benzene rings is 2. The molecule has 1 amide bonds. The van der Waals surface area contributed by atoms with Crippen LogP contribution in [0.2, 0.25) is 0 Å². The van der Waals surface area contributed by atoms with Gasteiger partial charge in [-0.05, 0) is 56.2 Å². The lowest BCUT2D eigenvalue weighted by molar-refractivity contribution is 0.0934. The Labute approximate surface area is 176 Å². The van der Waals surface area contributed by atoms with Crippen molar-refractivity contribution in [2.24, 2.45) is 0 Å². The molecule has 0 aliphatic heterocycles. The van der Waals surface area contributed by atoms with Gasteiger partial charge in [0, 0.05) is 14.1 Å². The van der Waals surface area contributed by atoms with E-state index in [9.17, 15) is 13.2 Å². The predicted octanol–water partition coefficient (Wildman–Crippen LogP) is 2.63. The van der Waals surface area contributed by atoms with Crippen molar-refractivity contribution in [2.75, 3.05) is 14.1 Å². The van der Waals surface area contributed by atoms with Crippen molar-refractivity contribution in [3.63, 3.8) is 0 Å². The second-order valence-electron chi connectivity index (χ2n) is 7.33. The van der Waals surface area contributed by atoms with Crippen LogP contribution in [-0.4, -0.2) is 47.7 Å². The molecule has 3 aromatic rings. The van der Waals surface area contributed by atoms with Gasteiger partial charge in [0.1, 0.15) is 0 Å². The number of nitrogens with zero attached hydrogens (tertiary/aromatic N) is 4. The highest BCUT2D eigenvalue weighted by atomic mass is 32.2. The summed E-state index contributed by atoms with van der Waals surface area (Å²) in [6.45, 7) is 5.61. The van der Waals surface area contributed by atoms with E-state index >= 15 is 0 Å². The number of rotatable bonds is 6. The standard InChI is InChI=1S/C21H25N5O3S/c1-14-7-6-8-18(13-14)26-16(3)20(23-24-26)21(27)22-15(2)17-9-11-19(12-10-17)30(28,29)25(4)5/h6-13,15H,1-5H3,(H,22,27). The van der Waals surface area contributed by atoms with Gasteiger partial charge in [0.15, 0.2) is 5.69 Å². The summed E-state index contributed by atoms with van der Waals surface area (Å²) in [5, 5.41) is 11.1. The second kappa shape index (κ2) is 8.37. The number of nitrogens with one attached hydrogen (secondary N) is 1. The first-order valence-corrected chi connectivity index (χ1v) is 10.9. The monoisotopic (exact) mass is 427 g/mol. The lowest BCUT2D eigenvalue weighted by Gasteiger charge is -2.15. The zero-order valence-corrected chi connectivity index (χ0v) is 18.4. The molecule has 0 saturated heterocycles. The topological polar surface area (TPSA) is 97.2 Å². The molecule has 1 heterocycles. The maximum absolute atomic E-state index is 12.7. The predicted molar refractivity (Wildman–Crippen MR) is 114 cm³/mol. The van der Waals surface area contributed by atoms with E-state index in [1.165, 1.54) is 26.2 Å². The smallest absolute Gasteiger partial charge is 0.274 e. The molecule has 1 unspecified atom stereocenters. The second-order valence-corrected chi connectivity index (χ2v) is 9.48. The first kappa shape index (κ1) is 21.7. The van der Waals surface area contributed by atoms with Crippen molar-refractivity contribution in [3.05, 3.63) is 71.0 Å². The molecule has 158 valence electrons. The minimum Gasteiger partial charge on any atom is -0.344 e. The van der Waals surface area contributed by atoms with Crippen LogP contribution in [-0.2, 0) is 10.0 Å². The normalized spacial score (nSPS) is 12.7. The molecule has 3 rings (SSSR count). The van der Waals surface area contributed by atoms with Gasteiger partial charge in [-0.2, -0.15) is 0 Å². The summed E-state index contributed by atoms with van der Waals surface area (Å²) in [5.74, 6) is -0.344. The van der Waals surface area contributed by atoms with Gasteiger partial charge < -0.3 is 5.32 Å². The fourth-order valence-electron chi connectivity index (χ4n) is 3.03. The van der Waals surface area contributed by atoms with E-state index in [1.807, 2.05) is 38.1 Å². The maximum atomic E-state index is 12.7. The van der Waals surface area contributed by atoms with Crippen LogP contribution in [0, 0.1) is 13.8 Å². The molecule has 8 nitrogen and oxygen atoms in total. The molecule has 0 bridgehead atoms. The Morgan fingerprint density at radius 1 is 1.10 bits per heavy atom. The summed E-state index contributed by atoms with van der Waals surface area (Å²) in [6, 6.07) is 13.9. The Hall–Kier alpha value is -3.04. The van der Waals surface area contributed by atoms with Crippen LogP contribution in [0.15, 0.2) is 53.4 Å². The van der Waals surface area contributed by atoms with Crippen molar-refractivity contribution in [1.82, 2.24) is 24.6 Å². The zero-order valence-electron chi connectivity index (χ0n) is 17.6.